The van der Waals surface area contributed by atoms with Crippen LogP contribution in [0.1, 0.15) is 94.5 Å². The van der Waals surface area contributed by atoms with Crippen LogP contribution in [0.25, 0.3) is 134 Å². The lowest BCUT2D eigenvalue weighted by Crippen LogP contribution is -2.43. The van der Waals surface area contributed by atoms with Gasteiger partial charge in [0, 0.05) is 65.1 Å². The number of aromatic nitrogens is 4. The molecule has 17 aromatic carbocycles. The van der Waals surface area contributed by atoms with Crippen LogP contribution in [0, 0.1) is 0 Å². The van der Waals surface area contributed by atoms with Gasteiger partial charge in [-0.25, -0.2) is 19.9 Å². The van der Waals surface area contributed by atoms with Crippen molar-refractivity contribution in [3.63, 3.8) is 0 Å². The summed E-state index contributed by atoms with van der Waals surface area (Å²) < 4.78 is 6.79. The minimum absolute atomic E-state index is 0.385. The minimum Gasteiger partial charge on any atom is -0.457 e. The average Bonchev–Trinajstić information content (AvgIpc) is 0.677. The molecular formula is C114H78N4OS. The first-order valence-electron chi connectivity index (χ1n) is 41.5. The number of nitrogens with zero attached hydrogens (tertiary/aromatic N) is 4. The van der Waals surface area contributed by atoms with Crippen molar-refractivity contribution in [1.29, 1.82) is 0 Å². The van der Waals surface area contributed by atoms with Crippen molar-refractivity contribution < 1.29 is 4.74 Å². The predicted octanol–water partition coefficient (Wildman–Crippen LogP) is 28.9. The standard InChI is InChI=1S/C114H78N4OS/c1-111(2)90-64-60-76(67-99(90)114(95-49-21-25-54-106(95)120-107-55-26-22-50-96(107)114)92-65-61-78(68-98(92)111)81-39-13-16-42-86(81)103-70-101(75-33-9-6-10-34-75)116-109(118-103)87-44-28-35-72-30-11-12-38-80(72)87)71-56-58-73(59-57-71)82-62-63-88(85-41-15-14-40-84(82)85)110-115-100(74-31-7-5-8-32-74)69-102(117-110)79-37-27-36-77(66-79)83-43-29-51-97-108(83)112(3,4)89-45-17-18-46-91(89)113(97)93-47-19-23-52-104(93)119-105-53-24-20-48-94(105)113/h5-70H,1-4H3. The molecule has 4 aliphatic rings. The Morgan fingerprint density at radius 1 is 0.217 bits per heavy atom. The summed E-state index contributed by atoms with van der Waals surface area (Å²) in [6.45, 7) is 9.66. The second-order valence-corrected chi connectivity index (χ2v) is 34.4. The summed E-state index contributed by atoms with van der Waals surface area (Å²) in [6, 6.07) is 147. The molecule has 0 radical (unpaired) electrons. The molecular weight excluding hydrogens is 1470 g/mol. The van der Waals surface area contributed by atoms with Gasteiger partial charge in [-0.3, -0.25) is 0 Å². The molecule has 0 N–H and O–H groups in total. The molecule has 19 aromatic rings. The molecule has 6 heteroatoms. The second kappa shape index (κ2) is 27.6. The van der Waals surface area contributed by atoms with Crippen LogP contribution >= 0.6 is 11.8 Å². The quantitative estimate of drug-likeness (QED) is 0.136. The Hall–Kier alpha value is -14.4. The van der Waals surface area contributed by atoms with Crippen LogP contribution in [0.4, 0.5) is 0 Å². The first-order chi connectivity index (χ1) is 59.0. The number of rotatable bonds is 10. The van der Waals surface area contributed by atoms with Gasteiger partial charge >= 0.3 is 0 Å². The molecule has 0 fully saturated rings. The summed E-state index contributed by atoms with van der Waals surface area (Å²) in [5.41, 5.74) is 31.7. The van der Waals surface area contributed by atoms with E-state index in [2.05, 4.69) is 428 Å². The largest absolute Gasteiger partial charge is 0.457 e. The lowest BCUT2D eigenvalue weighted by atomic mass is 9.53. The van der Waals surface area contributed by atoms with Crippen LogP contribution < -0.4 is 4.74 Å². The predicted molar refractivity (Wildman–Crippen MR) is 492 cm³/mol. The van der Waals surface area contributed by atoms with E-state index >= 15 is 0 Å². The Morgan fingerprint density at radius 3 is 1.32 bits per heavy atom. The molecule has 0 saturated carbocycles. The van der Waals surface area contributed by atoms with E-state index in [-0.39, 0.29) is 5.41 Å². The normalized spacial score (nSPS) is 14.3. The molecule has 23 rings (SSSR count). The first kappa shape index (κ1) is 70.9. The summed E-state index contributed by atoms with van der Waals surface area (Å²) >= 11 is 1.88. The zero-order valence-corrected chi connectivity index (χ0v) is 67.5. The Bertz CT molecular complexity index is 7330. The molecule has 2 aromatic heterocycles. The molecule has 2 aliphatic heterocycles. The van der Waals surface area contributed by atoms with E-state index in [9.17, 15) is 0 Å². The fourth-order valence-corrected chi connectivity index (χ4v) is 21.9. The molecule has 0 unspecified atom stereocenters. The molecule has 4 heterocycles. The number of ether oxygens (including phenoxy) is 1. The number of hydrogen-bond donors (Lipinski definition) is 0. The van der Waals surface area contributed by atoms with Crippen molar-refractivity contribution in [2.24, 2.45) is 0 Å². The van der Waals surface area contributed by atoms with Crippen molar-refractivity contribution in [1.82, 2.24) is 19.9 Å². The van der Waals surface area contributed by atoms with Crippen LogP contribution in [-0.4, -0.2) is 19.9 Å². The topological polar surface area (TPSA) is 60.8 Å². The van der Waals surface area contributed by atoms with Crippen molar-refractivity contribution in [2.75, 3.05) is 0 Å². The van der Waals surface area contributed by atoms with Gasteiger partial charge in [0.15, 0.2) is 11.6 Å². The summed E-state index contributed by atoms with van der Waals surface area (Å²) in [5, 5.41) is 4.47. The minimum atomic E-state index is -0.668. The van der Waals surface area contributed by atoms with E-state index < -0.39 is 16.2 Å². The molecule has 0 bridgehead atoms. The van der Waals surface area contributed by atoms with E-state index in [4.69, 9.17) is 24.7 Å². The smallest absolute Gasteiger partial charge is 0.161 e. The number of hydrogen-bond acceptors (Lipinski definition) is 6. The number of fused-ring (bicyclic) bond motifs is 18. The van der Waals surface area contributed by atoms with E-state index in [1.807, 2.05) is 11.8 Å². The molecule has 0 amide bonds. The molecule has 566 valence electrons. The van der Waals surface area contributed by atoms with Gasteiger partial charge in [0.25, 0.3) is 0 Å². The summed E-state index contributed by atoms with van der Waals surface area (Å²) in [6.07, 6.45) is 0. The van der Waals surface area contributed by atoms with Crippen molar-refractivity contribution in [2.45, 2.75) is 59.1 Å². The van der Waals surface area contributed by atoms with E-state index in [1.54, 1.807) is 0 Å². The molecule has 0 atom stereocenters. The molecule has 120 heavy (non-hydrogen) atoms. The van der Waals surface area contributed by atoms with E-state index in [0.29, 0.717) is 11.6 Å². The maximum Gasteiger partial charge on any atom is 0.161 e. The van der Waals surface area contributed by atoms with Gasteiger partial charge in [-0.1, -0.05) is 379 Å². The summed E-state index contributed by atoms with van der Waals surface area (Å²) in [7, 11) is 0. The van der Waals surface area contributed by atoms with Crippen LogP contribution in [0.15, 0.2) is 410 Å². The average molecular weight is 1550 g/mol. The third kappa shape index (κ3) is 10.9. The Morgan fingerprint density at radius 2 is 0.625 bits per heavy atom. The van der Waals surface area contributed by atoms with Gasteiger partial charge in [0.1, 0.15) is 11.5 Å². The molecule has 0 saturated heterocycles. The van der Waals surface area contributed by atoms with Crippen LogP contribution in [-0.2, 0) is 21.7 Å². The first-order valence-corrected chi connectivity index (χ1v) is 42.3. The molecule has 2 aliphatic carbocycles. The highest BCUT2D eigenvalue weighted by Crippen LogP contribution is 2.65. The van der Waals surface area contributed by atoms with Crippen LogP contribution in [0.2, 0.25) is 0 Å². The van der Waals surface area contributed by atoms with Gasteiger partial charge in [0.05, 0.1) is 33.6 Å². The molecule has 2 spiro atoms. The van der Waals surface area contributed by atoms with Crippen molar-refractivity contribution >= 4 is 33.3 Å². The van der Waals surface area contributed by atoms with Gasteiger partial charge < -0.3 is 4.74 Å². The second-order valence-electron chi connectivity index (χ2n) is 33.3. The third-order valence-electron chi connectivity index (χ3n) is 26.2. The summed E-state index contributed by atoms with van der Waals surface area (Å²) in [5.74, 6) is 3.11. The lowest BCUT2D eigenvalue weighted by Gasteiger charge is -2.50. The molecule has 5 nitrogen and oxygen atoms in total. The fourth-order valence-electron chi connectivity index (χ4n) is 20.7. The highest BCUT2D eigenvalue weighted by atomic mass is 32.2. The van der Waals surface area contributed by atoms with Crippen molar-refractivity contribution in [3.8, 4) is 124 Å². The van der Waals surface area contributed by atoms with Crippen LogP contribution in [0.5, 0.6) is 11.5 Å². The van der Waals surface area contributed by atoms with Gasteiger partial charge in [-0.2, -0.15) is 0 Å². The maximum atomic E-state index is 6.79. The fraction of sp³-hybridized carbons (Fsp3) is 0.0702. The SMILES string of the molecule is CC1(C)c2cc(-c3ccccc3-c3cc(-c4ccccc4)nc(-c4cccc5ccccc45)n3)ccc2C2(c3ccccc3Sc3ccccc32)c2cc(-c3ccc(-c4ccc(-c5nc(-c6ccccc6)cc(-c6cccc(-c7cccc8c7C(C)(C)c7ccccc7C87c8ccccc8Oc8ccccc87)c6)n5)c5ccccc45)cc3)ccc21. The van der Waals surface area contributed by atoms with Gasteiger partial charge in [0.2, 0.25) is 0 Å². The number of benzene rings is 17. The lowest BCUT2D eigenvalue weighted by molar-refractivity contribution is 0.425. The Labute approximate surface area is 703 Å². The number of para-hydroxylation sites is 2. The van der Waals surface area contributed by atoms with Gasteiger partial charge in [-0.05, 0) is 182 Å². The zero-order valence-electron chi connectivity index (χ0n) is 66.7. The van der Waals surface area contributed by atoms with Crippen molar-refractivity contribution in [3.05, 3.63) is 467 Å². The Balaban J connectivity index is 0.618. The Kier molecular flexibility index (Phi) is 16.3. The highest BCUT2D eigenvalue weighted by Gasteiger charge is 2.55. The zero-order chi connectivity index (χ0) is 80.0. The van der Waals surface area contributed by atoms with Crippen LogP contribution in [0.3, 0.4) is 0 Å². The summed E-state index contributed by atoms with van der Waals surface area (Å²) in [4.78, 5) is 24.5. The monoisotopic (exact) mass is 1550 g/mol. The third-order valence-corrected chi connectivity index (χ3v) is 27.3. The van der Waals surface area contributed by atoms with E-state index in [0.717, 1.165) is 139 Å². The highest BCUT2D eigenvalue weighted by molar-refractivity contribution is 7.99. The van der Waals surface area contributed by atoms with E-state index in [1.165, 1.54) is 71.0 Å². The maximum absolute atomic E-state index is 6.79. The van der Waals surface area contributed by atoms with Gasteiger partial charge in [-0.15, -0.1) is 0 Å².